The average Bonchev–Trinajstić information content (AvgIpc) is 1.88. The van der Waals surface area contributed by atoms with Crippen LogP contribution in [0.2, 0.25) is 0 Å². The summed E-state index contributed by atoms with van der Waals surface area (Å²) in [5, 5.41) is 0. The fourth-order valence-electron chi connectivity index (χ4n) is 0.882. The number of hydrogen-bond donors (Lipinski definition) is 1. The Hall–Kier alpha value is -0.0800. The molecule has 1 atom stereocenters. The lowest BCUT2D eigenvalue weighted by atomic mass is 9.71. The third kappa shape index (κ3) is 2.80. The first-order valence-electron chi connectivity index (χ1n) is 4.16. The normalized spacial score (nSPS) is 16.9. The zero-order valence-electron chi connectivity index (χ0n) is 8.49. The molecule has 0 spiro atoms. The molecule has 0 saturated heterocycles. The van der Waals surface area contributed by atoms with Crippen LogP contribution in [0.25, 0.3) is 0 Å². The highest BCUT2D eigenvalue weighted by Crippen LogP contribution is 2.33. The Morgan fingerprint density at radius 2 is 1.36 bits per heavy atom. The fourth-order valence-corrected chi connectivity index (χ4v) is 0.882. The Bertz CT molecular complexity index is 94.1. The summed E-state index contributed by atoms with van der Waals surface area (Å²) in [6.07, 6.45) is 2.20. The zero-order chi connectivity index (χ0) is 8.41. The van der Waals surface area contributed by atoms with E-state index in [2.05, 4.69) is 34.6 Å². The van der Waals surface area contributed by atoms with Gasteiger partial charge in [0, 0.05) is 5.54 Å². The minimum absolute atomic E-state index is 0. The van der Waals surface area contributed by atoms with Gasteiger partial charge in [-0.1, -0.05) is 27.7 Å². The summed E-state index contributed by atoms with van der Waals surface area (Å²) < 4.78 is 0. The second kappa shape index (κ2) is 4.07. The molecule has 0 amide bonds. The minimum Gasteiger partial charge on any atom is -0.412 e. The van der Waals surface area contributed by atoms with Crippen LogP contribution in [0.4, 0.5) is 0 Å². The maximum Gasteiger partial charge on any atom is 0.0174 e. The van der Waals surface area contributed by atoms with Crippen LogP contribution in [-0.4, -0.2) is 11.0 Å². The van der Waals surface area contributed by atoms with E-state index < -0.39 is 0 Å². The fraction of sp³-hybridized carbons (Fsp3) is 1.00. The van der Waals surface area contributed by atoms with Crippen LogP contribution in [0, 0.1) is 5.41 Å². The van der Waals surface area contributed by atoms with Gasteiger partial charge in [-0.3, -0.25) is 0 Å². The molecule has 70 valence electrons. The highest BCUT2D eigenvalue weighted by atomic mass is 16.0. The molecule has 0 aliphatic rings. The molecule has 0 aliphatic carbocycles. The number of hydrogen-bond acceptors (Lipinski definition) is 1. The molecule has 1 unspecified atom stereocenters. The Morgan fingerprint density at radius 1 is 1.00 bits per heavy atom. The lowest BCUT2D eigenvalue weighted by Crippen LogP contribution is -2.49. The van der Waals surface area contributed by atoms with Gasteiger partial charge in [0.2, 0.25) is 0 Å². The van der Waals surface area contributed by atoms with Crippen molar-refractivity contribution in [3.05, 3.63) is 0 Å². The van der Waals surface area contributed by atoms with Crippen molar-refractivity contribution in [2.45, 2.75) is 53.0 Å². The van der Waals surface area contributed by atoms with E-state index in [1.54, 1.807) is 0 Å². The zero-order valence-corrected chi connectivity index (χ0v) is 8.49. The first-order valence-corrected chi connectivity index (χ1v) is 4.16. The topological polar surface area (TPSA) is 57.5 Å². The molecule has 4 N–H and O–H groups in total. The van der Waals surface area contributed by atoms with Crippen molar-refractivity contribution in [1.29, 1.82) is 0 Å². The maximum atomic E-state index is 6.10. The minimum atomic E-state index is -0.0122. The maximum absolute atomic E-state index is 6.10. The molecule has 0 aromatic carbocycles. The average molecular weight is 161 g/mol. The summed E-state index contributed by atoms with van der Waals surface area (Å²) in [5.41, 5.74) is 6.36. The monoisotopic (exact) mass is 161 g/mol. The molecule has 0 bridgehead atoms. The first-order chi connectivity index (χ1) is 4.37. The molecule has 0 aliphatic heterocycles. The van der Waals surface area contributed by atoms with Gasteiger partial charge in [-0.25, -0.2) is 0 Å². The molecule has 2 heteroatoms. The smallest absolute Gasteiger partial charge is 0.0174 e. The molecule has 0 rings (SSSR count). The lowest BCUT2D eigenvalue weighted by molar-refractivity contribution is 0.170. The summed E-state index contributed by atoms with van der Waals surface area (Å²) in [4.78, 5) is 0. The highest BCUT2D eigenvalue weighted by molar-refractivity contribution is 4.91. The highest BCUT2D eigenvalue weighted by Gasteiger charge is 2.33. The largest absolute Gasteiger partial charge is 0.412 e. The van der Waals surface area contributed by atoms with Crippen molar-refractivity contribution in [2.24, 2.45) is 11.1 Å². The van der Waals surface area contributed by atoms with Crippen molar-refractivity contribution in [2.75, 3.05) is 0 Å². The van der Waals surface area contributed by atoms with Crippen molar-refractivity contribution in [3.8, 4) is 0 Å². The Kier molecular flexibility index (Phi) is 5.00. The van der Waals surface area contributed by atoms with Gasteiger partial charge < -0.3 is 11.2 Å². The third-order valence-corrected chi connectivity index (χ3v) is 3.16. The summed E-state index contributed by atoms with van der Waals surface area (Å²) >= 11 is 0. The van der Waals surface area contributed by atoms with Crippen LogP contribution >= 0.6 is 0 Å². The Morgan fingerprint density at radius 3 is 1.45 bits per heavy atom. The molecule has 11 heavy (non-hydrogen) atoms. The molecular weight excluding hydrogens is 138 g/mol. The van der Waals surface area contributed by atoms with Crippen LogP contribution in [0.5, 0.6) is 0 Å². The van der Waals surface area contributed by atoms with Crippen LogP contribution in [0.1, 0.15) is 47.5 Å². The van der Waals surface area contributed by atoms with Crippen molar-refractivity contribution < 1.29 is 5.48 Å². The summed E-state index contributed by atoms with van der Waals surface area (Å²) in [7, 11) is 0. The summed E-state index contributed by atoms with van der Waals surface area (Å²) in [6.45, 7) is 10.9. The molecule has 0 fully saturated rings. The number of nitrogens with two attached hydrogens (primary N) is 1. The van der Waals surface area contributed by atoms with Gasteiger partial charge in [0.15, 0.2) is 0 Å². The van der Waals surface area contributed by atoms with Crippen molar-refractivity contribution >= 4 is 0 Å². The van der Waals surface area contributed by atoms with Crippen molar-refractivity contribution in [3.63, 3.8) is 0 Å². The summed E-state index contributed by atoms with van der Waals surface area (Å²) in [6, 6.07) is 0. The first kappa shape index (κ1) is 13.5. The molecule has 0 heterocycles. The van der Waals surface area contributed by atoms with E-state index in [4.69, 9.17) is 5.73 Å². The van der Waals surface area contributed by atoms with E-state index in [0.29, 0.717) is 0 Å². The molecule has 0 radical (unpaired) electrons. The summed E-state index contributed by atoms with van der Waals surface area (Å²) in [5.74, 6) is 0. The number of rotatable bonds is 3. The van der Waals surface area contributed by atoms with Gasteiger partial charge >= 0.3 is 0 Å². The van der Waals surface area contributed by atoms with Gasteiger partial charge in [-0.15, -0.1) is 0 Å². The van der Waals surface area contributed by atoms with Crippen LogP contribution < -0.4 is 5.73 Å². The van der Waals surface area contributed by atoms with E-state index in [-0.39, 0.29) is 16.4 Å². The van der Waals surface area contributed by atoms with E-state index in [1.165, 1.54) is 0 Å². The van der Waals surface area contributed by atoms with Gasteiger partial charge in [-0.05, 0) is 25.2 Å². The van der Waals surface area contributed by atoms with Gasteiger partial charge in [0.1, 0.15) is 0 Å². The Labute approximate surface area is 70.5 Å². The van der Waals surface area contributed by atoms with Crippen LogP contribution in [0.3, 0.4) is 0 Å². The second-order valence-corrected chi connectivity index (χ2v) is 4.01. The van der Waals surface area contributed by atoms with Gasteiger partial charge in [0.25, 0.3) is 0 Å². The van der Waals surface area contributed by atoms with Crippen molar-refractivity contribution in [1.82, 2.24) is 0 Å². The Balaban J connectivity index is 0. The molecule has 0 saturated carbocycles. The van der Waals surface area contributed by atoms with E-state index in [1.807, 2.05) is 0 Å². The predicted octanol–water partition coefficient (Wildman–Crippen LogP) is 1.73. The molecule has 0 aromatic heterocycles. The molecule has 2 nitrogen and oxygen atoms in total. The molecule has 0 aromatic rings. The van der Waals surface area contributed by atoms with Crippen LogP contribution in [-0.2, 0) is 0 Å². The van der Waals surface area contributed by atoms with E-state index in [0.717, 1.165) is 12.8 Å². The van der Waals surface area contributed by atoms with E-state index in [9.17, 15) is 0 Å². The van der Waals surface area contributed by atoms with Gasteiger partial charge in [0.05, 0.1) is 0 Å². The standard InChI is InChI=1S/C9H21N.H2O/c1-6-8(3,4)9(5,10)7-2;/h6-7,10H2,1-5H3;1H2. The van der Waals surface area contributed by atoms with E-state index >= 15 is 0 Å². The van der Waals surface area contributed by atoms with Gasteiger partial charge in [-0.2, -0.15) is 0 Å². The SMILES string of the molecule is CCC(C)(C)C(C)(N)CC.O. The predicted molar refractivity (Wildman–Crippen MR) is 50.6 cm³/mol. The third-order valence-electron chi connectivity index (χ3n) is 3.16. The molecular formula is C9H23NO. The lowest BCUT2D eigenvalue weighted by Gasteiger charge is -2.40. The van der Waals surface area contributed by atoms with Crippen LogP contribution in [0.15, 0.2) is 0 Å². The quantitative estimate of drug-likeness (QED) is 0.673. The second-order valence-electron chi connectivity index (χ2n) is 4.01.